The van der Waals surface area contributed by atoms with Crippen LogP contribution in [0.25, 0.3) is 0 Å². The molecule has 0 aliphatic carbocycles. The molecule has 1 aromatic rings. The van der Waals surface area contributed by atoms with E-state index in [1.165, 1.54) is 5.56 Å². The standard InChI is InChI=1S/C12H16O3/c1-10(15-12(13)14)6-5-9-11-7-3-2-4-8-11/h2-4,7-8,10H,5-6,9H2,1H3,(H,13,14). The minimum absolute atomic E-state index is 0.216. The Morgan fingerprint density at radius 1 is 1.40 bits per heavy atom. The maximum Gasteiger partial charge on any atom is 0.506 e. The van der Waals surface area contributed by atoms with Crippen molar-refractivity contribution in [1.29, 1.82) is 0 Å². The Balaban J connectivity index is 2.19. The van der Waals surface area contributed by atoms with Crippen molar-refractivity contribution in [3.63, 3.8) is 0 Å². The van der Waals surface area contributed by atoms with E-state index in [0.29, 0.717) is 0 Å². The van der Waals surface area contributed by atoms with Gasteiger partial charge in [-0.25, -0.2) is 4.79 Å². The molecule has 1 N–H and O–H groups in total. The fraction of sp³-hybridized carbons (Fsp3) is 0.417. The molecule has 0 bridgehead atoms. The third kappa shape index (κ3) is 5.05. The zero-order valence-corrected chi connectivity index (χ0v) is 8.85. The van der Waals surface area contributed by atoms with E-state index >= 15 is 0 Å². The summed E-state index contributed by atoms with van der Waals surface area (Å²) >= 11 is 0. The number of benzene rings is 1. The van der Waals surface area contributed by atoms with Crippen molar-refractivity contribution in [2.45, 2.75) is 32.3 Å². The number of rotatable bonds is 5. The van der Waals surface area contributed by atoms with E-state index in [-0.39, 0.29) is 6.10 Å². The van der Waals surface area contributed by atoms with Gasteiger partial charge in [-0.1, -0.05) is 30.3 Å². The first-order chi connectivity index (χ1) is 7.18. The van der Waals surface area contributed by atoms with Crippen molar-refractivity contribution in [3.05, 3.63) is 35.9 Å². The van der Waals surface area contributed by atoms with Crippen molar-refractivity contribution in [3.8, 4) is 0 Å². The number of carboxylic acid groups (broad SMARTS) is 1. The fourth-order valence-corrected chi connectivity index (χ4v) is 1.47. The Hall–Kier alpha value is -1.51. The van der Waals surface area contributed by atoms with Crippen LogP contribution in [0.2, 0.25) is 0 Å². The first-order valence-corrected chi connectivity index (χ1v) is 5.12. The molecule has 0 fully saturated rings. The summed E-state index contributed by atoms with van der Waals surface area (Å²) in [5.41, 5.74) is 1.28. The summed E-state index contributed by atoms with van der Waals surface area (Å²) in [4.78, 5) is 10.2. The fourth-order valence-electron chi connectivity index (χ4n) is 1.47. The average molecular weight is 208 g/mol. The molecule has 3 nitrogen and oxygen atoms in total. The summed E-state index contributed by atoms with van der Waals surface area (Å²) in [6.45, 7) is 1.78. The van der Waals surface area contributed by atoms with Crippen LogP contribution in [-0.4, -0.2) is 17.4 Å². The van der Waals surface area contributed by atoms with Gasteiger partial charge in [0.2, 0.25) is 0 Å². The topological polar surface area (TPSA) is 46.5 Å². The molecular formula is C12H16O3. The van der Waals surface area contributed by atoms with Crippen LogP contribution in [0.4, 0.5) is 4.79 Å². The molecule has 0 aliphatic heterocycles. The minimum Gasteiger partial charge on any atom is -0.450 e. The quantitative estimate of drug-likeness (QED) is 0.756. The van der Waals surface area contributed by atoms with Gasteiger partial charge in [0.15, 0.2) is 0 Å². The molecule has 82 valence electrons. The summed E-state index contributed by atoms with van der Waals surface area (Å²) in [7, 11) is 0. The van der Waals surface area contributed by atoms with E-state index in [0.717, 1.165) is 19.3 Å². The predicted octanol–water partition coefficient (Wildman–Crippen LogP) is 3.09. The predicted molar refractivity (Wildman–Crippen MR) is 58.0 cm³/mol. The number of hydrogen-bond donors (Lipinski definition) is 1. The van der Waals surface area contributed by atoms with Crippen molar-refractivity contribution < 1.29 is 14.6 Å². The average Bonchev–Trinajstić information content (AvgIpc) is 2.18. The van der Waals surface area contributed by atoms with Crippen LogP contribution < -0.4 is 0 Å². The van der Waals surface area contributed by atoms with E-state index in [9.17, 15) is 4.79 Å². The Morgan fingerprint density at radius 3 is 2.67 bits per heavy atom. The molecule has 1 atom stereocenters. The van der Waals surface area contributed by atoms with Crippen LogP contribution >= 0.6 is 0 Å². The van der Waals surface area contributed by atoms with Gasteiger partial charge in [-0.3, -0.25) is 0 Å². The molecule has 0 radical (unpaired) electrons. The lowest BCUT2D eigenvalue weighted by molar-refractivity contribution is 0.0551. The Labute approximate surface area is 89.7 Å². The molecule has 15 heavy (non-hydrogen) atoms. The largest absolute Gasteiger partial charge is 0.506 e. The lowest BCUT2D eigenvalue weighted by Gasteiger charge is -2.09. The first-order valence-electron chi connectivity index (χ1n) is 5.12. The lowest BCUT2D eigenvalue weighted by Crippen LogP contribution is -2.12. The Kier molecular flexibility index (Phi) is 4.68. The zero-order valence-electron chi connectivity index (χ0n) is 8.85. The SMILES string of the molecule is CC(CCCc1ccccc1)OC(=O)O. The second-order valence-corrected chi connectivity index (χ2v) is 3.57. The van der Waals surface area contributed by atoms with Crippen LogP contribution in [0.3, 0.4) is 0 Å². The molecule has 0 heterocycles. The van der Waals surface area contributed by atoms with E-state index < -0.39 is 6.16 Å². The van der Waals surface area contributed by atoms with Crippen LogP contribution in [-0.2, 0) is 11.2 Å². The highest BCUT2D eigenvalue weighted by Gasteiger charge is 2.06. The highest BCUT2D eigenvalue weighted by atomic mass is 16.7. The molecule has 0 aliphatic rings. The maximum atomic E-state index is 10.2. The molecule has 1 rings (SSSR count). The highest BCUT2D eigenvalue weighted by molar-refractivity contribution is 5.56. The summed E-state index contributed by atoms with van der Waals surface area (Å²) in [6, 6.07) is 10.1. The normalized spacial score (nSPS) is 12.1. The monoisotopic (exact) mass is 208 g/mol. The van der Waals surface area contributed by atoms with E-state index in [2.05, 4.69) is 16.9 Å². The second-order valence-electron chi connectivity index (χ2n) is 3.57. The first kappa shape index (κ1) is 11.6. The molecule has 3 heteroatoms. The van der Waals surface area contributed by atoms with Gasteiger partial charge in [0, 0.05) is 0 Å². The molecule has 0 spiro atoms. The van der Waals surface area contributed by atoms with Crippen molar-refractivity contribution in [2.75, 3.05) is 0 Å². The number of ether oxygens (including phenoxy) is 1. The molecule has 0 saturated heterocycles. The van der Waals surface area contributed by atoms with Gasteiger partial charge in [-0.05, 0) is 31.7 Å². The smallest absolute Gasteiger partial charge is 0.450 e. The molecule has 0 saturated carbocycles. The van der Waals surface area contributed by atoms with Crippen LogP contribution in [0.15, 0.2) is 30.3 Å². The summed E-state index contributed by atoms with van der Waals surface area (Å²) in [5.74, 6) is 0. The van der Waals surface area contributed by atoms with Crippen LogP contribution in [0.1, 0.15) is 25.3 Å². The summed E-state index contributed by atoms with van der Waals surface area (Å²) in [6.07, 6.45) is 1.27. The van der Waals surface area contributed by atoms with Crippen LogP contribution in [0.5, 0.6) is 0 Å². The lowest BCUT2D eigenvalue weighted by atomic mass is 10.1. The van der Waals surface area contributed by atoms with E-state index in [1.807, 2.05) is 18.2 Å². The maximum absolute atomic E-state index is 10.2. The van der Waals surface area contributed by atoms with Gasteiger partial charge >= 0.3 is 6.16 Å². The van der Waals surface area contributed by atoms with E-state index in [4.69, 9.17) is 5.11 Å². The molecule has 1 aromatic carbocycles. The third-order valence-corrected chi connectivity index (χ3v) is 2.22. The number of aryl methyl sites for hydroxylation is 1. The van der Waals surface area contributed by atoms with Crippen molar-refractivity contribution in [1.82, 2.24) is 0 Å². The third-order valence-electron chi connectivity index (χ3n) is 2.22. The van der Waals surface area contributed by atoms with Crippen molar-refractivity contribution >= 4 is 6.16 Å². The summed E-state index contributed by atoms with van der Waals surface area (Å²) < 4.78 is 4.60. The minimum atomic E-state index is -1.19. The zero-order chi connectivity index (χ0) is 11.1. The molecule has 0 aromatic heterocycles. The number of hydrogen-bond acceptors (Lipinski definition) is 2. The second kappa shape index (κ2) is 6.06. The summed E-state index contributed by atoms with van der Waals surface area (Å²) in [5, 5.41) is 8.38. The molecule has 0 amide bonds. The molecular weight excluding hydrogens is 192 g/mol. The Bertz CT molecular complexity index is 295. The van der Waals surface area contributed by atoms with E-state index in [1.54, 1.807) is 6.92 Å². The van der Waals surface area contributed by atoms with Gasteiger partial charge in [0.05, 0.1) is 0 Å². The number of carbonyl (C=O) groups is 1. The van der Waals surface area contributed by atoms with Gasteiger partial charge in [-0.2, -0.15) is 0 Å². The van der Waals surface area contributed by atoms with Gasteiger partial charge in [0.1, 0.15) is 6.10 Å². The Morgan fingerprint density at radius 2 is 2.07 bits per heavy atom. The van der Waals surface area contributed by atoms with Crippen molar-refractivity contribution in [2.24, 2.45) is 0 Å². The van der Waals surface area contributed by atoms with Crippen LogP contribution in [0, 0.1) is 0 Å². The van der Waals surface area contributed by atoms with Gasteiger partial charge in [0.25, 0.3) is 0 Å². The van der Waals surface area contributed by atoms with Gasteiger partial charge in [-0.15, -0.1) is 0 Å². The highest BCUT2D eigenvalue weighted by Crippen LogP contribution is 2.08. The molecule has 1 unspecified atom stereocenters. The van der Waals surface area contributed by atoms with Gasteiger partial charge < -0.3 is 9.84 Å².